The van der Waals surface area contributed by atoms with Gasteiger partial charge in [-0.1, -0.05) is 97.1 Å². The van der Waals surface area contributed by atoms with Gasteiger partial charge in [0.05, 0.1) is 123 Å². The van der Waals surface area contributed by atoms with Gasteiger partial charge < -0.3 is 66.8 Å². The zero-order valence-electron chi connectivity index (χ0n) is 74.3. The number of amides is 4. The number of aromatic carboxylic acids is 1. The van der Waals surface area contributed by atoms with Crippen LogP contribution >= 0.6 is 0 Å². The molecule has 1 saturated heterocycles. The number of carbonyl (C=O) groups excluding carboxylic acids is 4. The third-order valence-electron chi connectivity index (χ3n) is 22.1. The standard InChI is InChI=1S/C27H29N5O4S.C24H25N5O3S.C23H20N4O5S.C23H22N4O4S/c1-17(2)37(34,35)22-9-7-19(8-10-22)23-14-29-26-25(31-23)24(15-30-26)32-27(33)20-5-3-18(4-6-20)13-28-21-11-12-36-16-21;1-15(2)33(31,32)19-9-7-17(8-10-19)20-13-26-23-22(28-20)21(14-27-23)29-24(30)18-6-4-5-16(11-18)12-25-3;1-13(2)33(31,32)17-8-6-14(7-9-17)18-11-24-21-20(26-18)19(12-25-21)27-22(28)15-4-3-5-16(10-15)23(29)30;1-15(11-12-28)32(30,31)18-9-7-16(8-10-18)19-13-24-22-21(26-19)20(14-25-22)27-23(29)17-5-3-2-4-6-17/h3-10,14-15,17,21,28H,11-13,16H2,1-2H3,(H,29,30)(H,32,33);4-11,13-15,25H,12H2,1-3H3,(H,26,27)(H,29,30);3-13H,1-2H3,(H,24,25)(H,27,28)(H,29,30);2-10,13-15,28H,11-12H2,1H3,(H,24,25)(H,27,29)/t21-;;;/m0.../s1. The molecule has 4 amide bonds. The van der Waals surface area contributed by atoms with Gasteiger partial charge in [0.15, 0.2) is 61.9 Å². The Balaban J connectivity index is 0.000000144. The Kier molecular flexibility index (Phi) is 29.9. The lowest BCUT2D eigenvalue weighted by Gasteiger charge is -2.12. The molecule has 1 fully saturated rings. The van der Waals surface area contributed by atoms with Crippen LogP contribution in [0.15, 0.2) is 269 Å². The number of aromatic nitrogens is 12. The minimum absolute atomic E-state index is 0.00609. The third kappa shape index (κ3) is 22.6. The predicted molar refractivity (Wildman–Crippen MR) is 516 cm³/mol. The molecule has 16 aromatic rings. The van der Waals surface area contributed by atoms with E-state index in [4.69, 9.17) is 14.9 Å². The number of H-pyrrole nitrogens is 4. The minimum Gasteiger partial charge on any atom is -0.478 e. The van der Waals surface area contributed by atoms with Crippen molar-refractivity contribution in [2.75, 3.05) is 48.1 Å². The Morgan fingerprint density at radius 3 is 1.07 bits per heavy atom. The summed E-state index contributed by atoms with van der Waals surface area (Å²) in [5.41, 5.74) is 14.8. The Morgan fingerprint density at radius 1 is 0.393 bits per heavy atom. The first-order valence-electron chi connectivity index (χ1n) is 42.8. The molecule has 694 valence electrons. The average Bonchev–Trinajstić information content (AvgIpc) is 1.75. The van der Waals surface area contributed by atoms with E-state index in [-0.39, 0.29) is 61.5 Å². The number of benzene rings is 8. The highest BCUT2D eigenvalue weighted by Crippen LogP contribution is 2.33. The molecule has 38 heteroatoms. The topological polar surface area (TPSA) is 510 Å². The maximum absolute atomic E-state index is 12.9. The number of hydrogen-bond donors (Lipinski definition) is 12. The second-order valence-electron chi connectivity index (χ2n) is 32.3. The summed E-state index contributed by atoms with van der Waals surface area (Å²) < 4.78 is 105. The van der Waals surface area contributed by atoms with E-state index in [1.54, 1.807) is 213 Å². The second-order valence-corrected chi connectivity index (χ2v) is 42.2. The Morgan fingerprint density at radius 2 is 0.726 bits per heavy atom. The zero-order valence-corrected chi connectivity index (χ0v) is 77.6. The van der Waals surface area contributed by atoms with Crippen molar-refractivity contribution in [1.29, 1.82) is 0 Å². The lowest BCUT2D eigenvalue weighted by molar-refractivity contribution is 0.0696. The van der Waals surface area contributed by atoms with Crippen molar-refractivity contribution < 1.29 is 72.6 Å². The number of nitrogens with zero attached hydrogens (tertiary/aromatic N) is 8. The molecule has 1 unspecified atom stereocenters. The fourth-order valence-corrected chi connectivity index (χ4v) is 18.6. The van der Waals surface area contributed by atoms with Gasteiger partial charge in [-0.05, 0) is 183 Å². The van der Waals surface area contributed by atoms with Crippen LogP contribution in [0.2, 0.25) is 0 Å². The van der Waals surface area contributed by atoms with Crippen LogP contribution in [0.3, 0.4) is 0 Å². The minimum atomic E-state index is -3.52. The highest BCUT2D eigenvalue weighted by Gasteiger charge is 2.27. The number of aliphatic hydroxyl groups excluding tert-OH is 1. The van der Waals surface area contributed by atoms with Crippen LogP contribution < -0.4 is 31.9 Å². The first-order valence-corrected chi connectivity index (χ1v) is 49.0. The molecular weight excluding hydrogens is 1800 g/mol. The lowest BCUT2D eigenvalue weighted by atomic mass is 10.1. The number of carboxylic acids is 1. The van der Waals surface area contributed by atoms with Crippen LogP contribution in [-0.2, 0) is 57.2 Å². The van der Waals surface area contributed by atoms with Crippen molar-refractivity contribution in [3.63, 3.8) is 0 Å². The summed E-state index contributed by atoms with van der Waals surface area (Å²) in [6.45, 7) is 14.2. The molecule has 2 atom stereocenters. The molecular formula is C97H96N18O16S4. The van der Waals surface area contributed by atoms with Crippen LogP contribution in [-0.4, -0.2) is 187 Å². The second kappa shape index (κ2) is 42.0. The van der Waals surface area contributed by atoms with E-state index in [0.717, 1.165) is 48.4 Å². The molecule has 1 aliphatic heterocycles. The highest BCUT2D eigenvalue weighted by atomic mass is 32.2. The highest BCUT2D eigenvalue weighted by molar-refractivity contribution is 7.93. The van der Waals surface area contributed by atoms with Gasteiger partial charge in [-0.2, -0.15) is 0 Å². The van der Waals surface area contributed by atoms with E-state index in [1.165, 1.54) is 48.5 Å². The number of aliphatic hydroxyl groups is 1. The summed E-state index contributed by atoms with van der Waals surface area (Å²) in [7, 11) is -11.8. The molecule has 12 N–H and O–H groups in total. The fraction of sp³-hybridized carbons (Fsp3) is 0.206. The van der Waals surface area contributed by atoms with E-state index in [0.29, 0.717) is 131 Å². The maximum atomic E-state index is 12.9. The van der Waals surface area contributed by atoms with Gasteiger partial charge in [0, 0.05) is 102 Å². The summed E-state index contributed by atoms with van der Waals surface area (Å²) in [4.78, 5) is 111. The average molecular weight is 1900 g/mol. The summed E-state index contributed by atoms with van der Waals surface area (Å²) in [6, 6.07) is 55.8. The number of ether oxygens (including phenoxy) is 1. The lowest BCUT2D eigenvalue weighted by Crippen LogP contribution is -2.28. The molecule has 0 aliphatic carbocycles. The van der Waals surface area contributed by atoms with Gasteiger partial charge in [-0.15, -0.1) is 0 Å². The smallest absolute Gasteiger partial charge is 0.335 e. The van der Waals surface area contributed by atoms with Gasteiger partial charge in [0.2, 0.25) is 0 Å². The normalized spacial score (nSPS) is 13.1. The summed E-state index contributed by atoms with van der Waals surface area (Å²) in [5.74, 6) is -2.37. The zero-order chi connectivity index (χ0) is 96.0. The maximum Gasteiger partial charge on any atom is 0.335 e. The number of anilines is 4. The molecule has 34 nitrogen and oxygen atoms in total. The Bertz CT molecular complexity index is 7530. The first kappa shape index (κ1) is 96.3. The van der Waals surface area contributed by atoms with Crippen molar-refractivity contribution in [2.24, 2.45) is 0 Å². The number of aromatic amines is 4. The number of carboxylic acid groups (broad SMARTS) is 1. The van der Waals surface area contributed by atoms with Gasteiger partial charge in [-0.25, -0.2) is 78.3 Å². The van der Waals surface area contributed by atoms with Crippen LogP contribution in [0, 0.1) is 0 Å². The number of hydrogen-bond acceptors (Lipinski definition) is 25. The number of rotatable bonds is 28. The molecule has 9 heterocycles. The molecule has 17 rings (SSSR count). The van der Waals surface area contributed by atoms with Crippen LogP contribution in [0.4, 0.5) is 22.7 Å². The number of carbonyl (C=O) groups is 5. The predicted octanol–water partition coefficient (Wildman–Crippen LogP) is 14.9. The molecule has 8 aromatic carbocycles. The van der Waals surface area contributed by atoms with Crippen molar-refractivity contribution >= 4 is 136 Å². The Labute approximate surface area is 777 Å². The van der Waals surface area contributed by atoms with Crippen LogP contribution in [0.5, 0.6) is 0 Å². The molecule has 0 radical (unpaired) electrons. The molecule has 0 spiro atoms. The van der Waals surface area contributed by atoms with E-state index in [9.17, 15) is 57.6 Å². The largest absolute Gasteiger partial charge is 0.478 e. The summed E-state index contributed by atoms with van der Waals surface area (Å²) in [6.07, 6.45) is 14.0. The van der Waals surface area contributed by atoms with Gasteiger partial charge in [-0.3, -0.25) is 19.2 Å². The molecule has 0 bridgehead atoms. The van der Waals surface area contributed by atoms with E-state index in [2.05, 4.69) is 91.7 Å². The number of fused-ring (bicyclic) bond motifs is 4. The van der Waals surface area contributed by atoms with Crippen LogP contribution in [0.1, 0.15) is 124 Å². The van der Waals surface area contributed by atoms with Crippen molar-refractivity contribution in [3.05, 3.63) is 289 Å². The van der Waals surface area contributed by atoms with E-state index in [1.807, 2.05) is 43.4 Å². The summed E-state index contributed by atoms with van der Waals surface area (Å²) in [5, 5.41) is 33.9. The number of nitrogens with one attached hydrogen (secondary N) is 10. The number of sulfone groups is 4. The fourth-order valence-electron chi connectivity index (χ4n) is 14.1. The van der Waals surface area contributed by atoms with Gasteiger partial charge in [0.1, 0.15) is 22.1 Å². The van der Waals surface area contributed by atoms with E-state index >= 15 is 0 Å². The molecule has 1 aliphatic rings. The third-order valence-corrected chi connectivity index (χ3v) is 30.8. The monoisotopic (exact) mass is 1900 g/mol. The van der Waals surface area contributed by atoms with Gasteiger partial charge >= 0.3 is 5.97 Å². The van der Waals surface area contributed by atoms with Crippen molar-refractivity contribution in [1.82, 2.24) is 70.4 Å². The Hall–Kier alpha value is -14.8. The van der Waals surface area contributed by atoms with Crippen molar-refractivity contribution in [2.45, 2.75) is 121 Å². The summed E-state index contributed by atoms with van der Waals surface area (Å²) >= 11 is 0. The molecule has 0 saturated carbocycles. The molecule has 8 aromatic heterocycles. The first-order chi connectivity index (χ1) is 64.7. The molecule has 135 heavy (non-hydrogen) atoms. The van der Waals surface area contributed by atoms with Crippen molar-refractivity contribution in [3.8, 4) is 45.0 Å². The quantitative estimate of drug-likeness (QED) is 0.0217. The van der Waals surface area contributed by atoms with Crippen LogP contribution in [0.25, 0.3) is 89.7 Å². The van der Waals surface area contributed by atoms with E-state index < -0.39 is 72.2 Å². The SMILES string of the molecule is CC(C)S(=O)(=O)c1ccc(-c2cnc3[nH]cc(NC(=O)c4ccc(CN[C@H]5CCOC5)cc4)c3n2)cc1.CC(C)S(=O)(=O)c1ccc(-c2cnc3[nH]cc(NC(=O)c4cccc(C(=O)O)c4)c3n2)cc1.CC(CCO)S(=O)(=O)c1ccc(-c2cnc3[nH]cc(NC(=O)c4ccccc4)c3n2)cc1.CNCc1cccc(C(=O)Nc2c[nH]c3ncc(-c4ccc(S(=O)(=O)C(C)C)cc4)nc23)c1. The van der Waals surface area contributed by atoms with Gasteiger partial charge in [0.25, 0.3) is 23.6 Å².